The zero-order valence-corrected chi connectivity index (χ0v) is 20.1. The molecule has 3 aromatic rings. The first-order valence-electron chi connectivity index (χ1n) is 10.6. The van der Waals surface area contributed by atoms with Crippen molar-refractivity contribution in [3.05, 3.63) is 69.2 Å². The zero-order valence-electron chi connectivity index (χ0n) is 17.8. The van der Waals surface area contributed by atoms with E-state index in [1.807, 2.05) is 0 Å². The van der Waals surface area contributed by atoms with Gasteiger partial charge in [0.25, 0.3) is 0 Å². The number of piperidine rings is 1. The van der Waals surface area contributed by atoms with Crippen molar-refractivity contribution < 1.29 is 8.78 Å². The van der Waals surface area contributed by atoms with Gasteiger partial charge in [-0.3, -0.25) is 4.98 Å². The molecule has 1 fully saturated rings. The molecule has 33 heavy (non-hydrogen) atoms. The minimum atomic E-state index is -0.790. The van der Waals surface area contributed by atoms with Crippen LogP contribution in [0, 0.1) is 24.0 Å². The number of nitrogens with zero attached hydrogens (tertiary/aromatic N) is 4. The maximum atomic E-state index is 14.6. The first kappa shape index (κ1) is 22.8. The molecule has 1 atom stereocenters. The van der Waals surface area contributed by atoms with E-state index in [1.54, 1.807) is 25.4 Å². The van der Waals surface area contributed by atoms with Crippen molar-refractivity contribution in [1.29, 1.82) is 0 Å². The molecule has 10 heteroatoms. The number of rotatable bonds is 3. The van der Waals surface area contributed by atoms with Gasteiger partial charge in [0.2, 0.25) is 0 Å². The van der Waals surface area contributed by atoms with Gasteiger partial charge in [-0.1, -0.05) is 41.0 Å². The number of halogens is 4. The number of aryl methyl sites for hydroxylation is 1. The summed E-state index contributed by atoms with van der Waals surface area (Å²) in [7, 11) is 0. The Labute approximate surface area is 204 Å². The summed E-state index contributed by atoms with van der Waals surface area (Å²) < 4.78 is 28.8. The van der Waals surface area contributed by atoms with E-state index in [0.29, 0.717) is 50.6 Å². The molecule has 1 aromatic carbocycles. The summed E-state index contributed by atoms with van der Waals surface area (Å²) in [6.45, 7) is 3.02. The highest BCUT2D eigenvalue weighted by Gasteiger charge is 2.48. The van der Waals surface area contributed by atoms with Crippen LogP contribution in [0.15, 0.2) is 40.8 Å². The van der Waals surface area contributed by atoms with E-state index in [2.05, 4.69) is 19.9 Å². The van der Waals surface area contributed by atoms with Crippen molar-refractivity contribution in [3.63, 3.8) is 0 Å². The number of pyridine rings is 1. The molecule has 2 aromatic heterocycles. The van der Waals surface area contributed by atoms with E-state index in [4.69, 9.17) is 28.9 Å². The van der Waals surface area contributed by atoms with Crippen LogP contribution in [0.25, 0.3) is 0 Å². The predicted octanol–water partition coefficient (Wildman–Crippen LogP) is 5.76. The lowest BCUT2D eigenvalue weighted by atomic mass is 9.73. The van der Waals surface area contributed by atoms with E-state index in [0.717, 1.165) is 24.2 Å². The summed E-state index contributed by atoms with van der Waals surface area (Å²) in [5, 5.41) is 1.59. The molecule has 172 valence electrons. The van der Waals surface area contributed by atoms with Gasteiger partial charge in [0.05, 0.1) is 27.3 Å². The molecule has 1 aliphatic carbocycles. The van der Waals surface area contributed by atoms with E-state index >= 15 is 0 Å². The van der Waals surface area contributed by atoms with Crippen LogP contribution in [0.1, 0.15) is 35.6 Å². The SMILES string of the molecule is Cc1cc2c(c(F)c1F)[C@@H](N)C1(CCN(c3cnc(Sc4c(Cl)cncc4Cl)cn3)CC1)C2. The smallest absolute Gasteiger partial charge is 0.164 e. The Morgan fingerprint density at radius 2 is 1.76 bits per heavy atom. The number of aromatic nitrogens is 3. The maximum absolute atomic E-state index is 14.6. The Morgan fingerprint density at radius 1 is 1.06 bits per heavy atom. The second-order valence-corrected chi connectivity index (χ2v) is 10.5. The van der Waals surface area contributed by atoms with E-state index in [-0.39, 0.29) is 5.41 Å². The van der Waals surface area contributed by atoms with Gasteiger partial charge in [0.15, 0.2) is 11.6 Å². The number of hydrogen-bond donors (Lipinski definition) is 1. The predicted molar refractivity (Wildman–Crippen MR) is 126 cm³/mol. The van der Waals surface area contributed by atoms with Crippen LogP contribution in [0.5, 0.6) is 0 Å². The quantitative estimate of drug-likeness (QED) is 0.486. The van der Waals surface area contributed by atoms with Gasteiger partial charge >= 0.3 is 0 Å². The van der Waals surface area contributed by atoms with Gasteiger partial charge in [-0.15, -0.1) is 0 Å². The minimum absolute atomic E-state index is 0.266. The lowest BCUT2D eigenvalue weighted by Crippen LogP contribution is -2.44. The van der Waals surface area contributed by atoms with Crippen molar-refractivity contribution in [2.45, 2.75) is 42.1 Å². The lowest BCUT2D eigenvalue weighted by molar-refractivity contribution is 0.185. The molecular weight excluding hydrogens is 487 g/mol. The third kappa shape index (κ3) is 3.97. The van der Waals surface area contributed by atoms with E-state index < -0.39 is 17.7 Å². The molecule has 0 amide bonds. The first-order valence-corrected chi connectivity index (χ1v) is 12.1. The van der Waals surface area contributed by atoms with Crippen molar-refractivity contribution in [3.8, 4) is 0 Å². The van der Waals surface area contributed by atoms with Gasteiger partial charge in [0.1, 0.15) is 10.8 Å². The maximum Gasteiger partial charge on any atom is 0.164 e. The molecule has 0 bridgehead atoms. The van der Waals surface area contributed by atoms with Crippen LogP contribution in [0.3, 0.4) is 0 Å². The van der Waals surface area contributed by atoms with Crippen LogP contribution in [-0.4, -0.2) is 28.0 Å². The first-order chi connectivity index (χ1) is 15.8. The molecule has 0 saturated carbocycles. The summed E-state index contributed by atoms with van der Waals surface area (Å²) >= 11 is 13.7. The molecule has 0 radical (unpaired) electrons. The van der Waals surface area contributed by atoms with Gasteiger partial charge in [-0.25, -0.2) is 18.7 Å². The van der Waals surface area contributed by atoms with E-state index in [1.165, 1.54) is 24.2 Å². The van der Waals surface area contributed by atoms with Crippen molar-refractivity contribution >= 4 is 40.8 Å². The van der Waals surface area contributed by atoms with Gasteiger partial charge in [-0.2, -0.15) is 0 Å². The number of benzene rings is 1. The number of nitrogens with two attached hydrogens (primary N) is 1. The Kier molecular flexibility index (Phi) is 5.97. The van der Waals surface area contributed by atoms with Gasteiger partial charge < -0.3 is 10.6 Å². The topological polar surface area (TPSA) is 67.9 Å². The Hall–Kier alpha value is -2.00. The molecule has 1 spiro atoms. The van der Waals surface area contributed by atoms with Crippen LogP contribution in [-0.2, 0) is 6.42 Å². The standard InChI is InChI=1S/C23H21Cl2F2N5S/c1-12-6-13-7-23(22(28)18(13)20(27)19(12)26)2-4-32(5-3-23)16-10-31-17(11-30-16)33-21-14(24)8-29-9-15(21)25/h6,8-11,22H,2-5,7,28H2,1H3/t22-/m1/s1. The highest BCUT2D eigenvalue weighted by molar-refractivity contribution is 7.99. The molecule has 0 unspecified atom stereocenters. The molecule has 5 nitrogen and oxygen atoms in total. The summed E-state index contributed by atoms with van der Waals surface area (Å²) in [6, 6.07) is 1.24. The third-order valence-electron chi connectivity index (χ3n) is 6.74. The number of anilines is 1. The van der Waals surface area contributed by atoms with Crippen LogP contribution < -0.4 is 10.6 Å². The molecule has 1 saturated heterocycles. The average Bonchev–Trinajstić information content (AvgIpc) is 3.06. The van der Waals surface area contributed by atoms with Crippen LogP contribution in [0.2, 0.25) is 10.0 Å². The molecule has 1 aliphatic heterocycles. The summed E-state index contributed by atoms with van der Waals surface area (Å²) in [4.78, 5) is 15.9. The van der Waals surface area contributed by atoms with Crippen LogP contribution in [0.4, 0.5) is 14.6 Å². The molecule has 2 aliphatic rings. The molecule has 3 heterocycles. The lowest BCUT2D eigenvalue weighted by Gasteiger charge is -2.42. The summed E-state index contributed by atoms with van der Waals surface area (Å²) in [5.41, 5.74) is 7.74. The fraction of sp³-hybridized carbons (Fsp3) is 0.348. The van der Waals surface area contributed by atoms with Crippen LogP contribution >= 0.6 is 35.0 Å². The van der Waals surface area contributed by atoms with Gasteiger partial charge in [0, 0.05) is 37.1 Å². The monoisotopic (exact) mass is 507 g/mol. The highest BCUT2D eigenvalue weighted by Crippen LogP contribution is 2.52. The number of hydrogen-bond acceptors (Lipinski definition) is 6. The Morgan fingerprint density at radius 3 is 2.39 bits per heavy atom. The normalized spacial score (nSPS) is 19.2. The molecule has 2 N–H and O–H groups in total. The van der Waals surface area contributed by atoms with Gasteiger partial charge in [-0.05, 0) is 42.7 Å². The molecule has 5 rings (SSSR count). The summed E-state index contributed by atoms with van der Waals surface area (Å²) in [5.74, 6) is -0.815. The summed E-state index contributed by atoms with van der Waals surface area (Å²) in [6.07, 6.45) is 8.70. The number of fused-ring (bicyclic) bond motifs is 1. The minimum Gasteiger partial charge on any atom is -0.355 e. The fourth-order valence-electron chi connectivity index (χ4n) is 4.91. The average molecular weight is 508 g/mol. The highest BCUT2D eigenvalue weighted by atomic mass is 35.5. The third-order valence-corrected chi connectivity index (χ3v) is 8.60. The largest absolute Gasteiger partial charge is 0.355 e. The van der Waals surface area contributed by atoms with Crippen molar-refractivity contribution in [1.82, 2.24) is 15.0 Å². The fourth-order valence-corrected chi connectivity index (χ4v) is 6.23. The second-order valence-electron chi connectivity index (χ2n) is 8.65. The van der Waals surface area contributed by atoms with E-state index in [9.17, 15) is 8.78 Å². The second kappa shape index (κ2) is 8.65. The zero-order chi connectivity index (χ0) is 23.3. The van der Waals surface area contributed by atoms with Crippen molar-refractivity contribution in [2.75, 3.05) is 18.0 Å². The molecular formula is C23H21Cl2F2N5S. The Balaban J connectivity index is 1.28. The van der Waals surface area contributed by atoms with Crippen molar-refractivity contribution in [2.24, 2.45) is 11.1 Å². The Bertz CT molecular complexity index is 1200.